The molecule has 2 rings (SSSR count). The van der Waals surface area contributed by atoms with E-state index < -0.39 is 0 Å². The second-order valence-electron chi connectivity index (χ2n) is 3.30. The summed E-state index contributed by atoms with van der Waals surface area (Å²) in [5.41, 5.74) is 0.967. The Bertz CT molecular complexity index is 378. The molecule has 0 aromatic heterocycles. The zero-order valence-corrected chi connectivity index (χ0v) is 10.5. The molecule has 1 heterocycles. The second-order valence-corrected chi connectivity index (χ2v) is 4.95. The van der Waals surface area contributed by atoms with Crippen LogP contribution < -0.4 is 4.90 Å². The number of halogens is 2. The average Bonchev–Trinajstić information content (AvgIpc) is 2.52. The summed E-state index contributed by atoms with van der Waals surface area (Å²) in [5.74, 6) is 0.674. The molecule has 74 valence electrons. The molecule has 1 fully saturated rings. The van der Waals surface area contributed by atoms with Gasteiger partial charge in [0.1, 0.15) is 5.84 Å². The third-order valence-corrected chi connectivity index (χ3v) is 3.30. The third-order valence-electron chi connectivity index (χ3n) is 2.32. The van der Waals surface area contributed by atoms with Gasteiger partial charge in [-0.3, -0.25) is 5.41 Å². The van der Waals surface area contributed by atoms with Crippen molar-refractivity contribution in [3.05, 3.63) is 26.8 Å². The van der Waals surface area contributed by atoms with Crippen LogP contribution in [0.2, 0.25) is 5.02 Å². The fourth-order valence-corrected chi connectivity index (χ4v) is 2.60. The molecule has 1 aliphatic heterocycles. The molecular formula is C10H10ClIN2. The monoisotopic (exact) mass is 320 g/mol. The van der Waals surface area contributed by atoms with Crippen molar-refractivity contribution in [1.82, 2.24) is 0 Å². The molecule has 1 aromatic rings. The third kappa shape index (κ3) is 1.88. The molecule has 1 saturated heterocycles. The minimum absolute atomic E-state index is 0.674. The van der Waals surface area contributed by atoms with Crippen molar-refractivity contribution >= 4 is 45.7 Å². The van der Waals surface area contributed by atoms with Gasteiger partial charge in [-0.25, -0.2) is 0 Å². The van der Waals surface area contributed by atoms with Crippen molar-refractivity contribution in [3.8, 4) is 0 Å². The standard InChI is InChI=1S/C10H10ClIN2/c11-8-6-7(12)3-4-9(8)14-5-1-2-10(14)13/h3-4,6,13H,1-2,5H2. The normalized spacial score (nSPS) is 16.4. The summed E-state index contributed by atoms with van der Waals surface area (Å²) in [4.78, 5) is 1.98. The van der Waals surface area contributed by atoms with E-state index in [9.17, 15) is 0 Å². The quantitative estimate of drug-likeness (QED) is 0.788. The summed E-state index contributed by atoms with van der Waals surface area (Å²) < 4.78 is 1.13. The van der Waals surface area contributed by atoms with E-state index in [0.29, 0.717) is 5.84 Å². The van der Waals surface area contributed by atoms with Crippen LogP contribution in [0.3, 0.4) is 0 Å². The predicted octanol–water partition coefficient (Wildman–Crippen LogP) is 3.52. The van der Waals surface area contributed by atoms with E-state index in [1.54, 1.807) is 0 Å². The Balaban J connectivity index is 2.36. The highest BCUT2D eigenvalue weighted by atomic mass is 127. The maximum Gasteiger partial charge on any atom is 0.100 e. The molecule has 0 amide bonds. The van der Waals surface area contributed by atoms with Gasteiger partial charge >= 0.3 is 0 Å². The van der Waals surface area contributed by atoms with Gasteiger partial charge in [0, 0.05) is 16.5 Å². The minimum Gasteiger partial charge on any atom is -0.329 e. The van der Waals surface area contributed by atoms with Crippen LogP contribution in [0.25, 0.3) is 0 Å². The lowest BCUT2D eigenvalue weighted by Crippen LogP contribution is -2.23. The SMILES string of the molecule is N=C1CCCN1c1ccc(I)cc1Cl. The molecule has 2 nitrogen and oxygen atoms in total. The molecule has 0 saturated carbocycles. The molecule has 1 aromatic carbocycles. The van der Waals surface area contributed by atoms with Gasteiger partial charge in [-0.1, -0.05) is 11.6 Å². The highest BCUT2D eigenvalue weighted by Gasteiger charge is 2.20. The predicted molar refractivity (Wildman–Crippen MR) is 68.5 cm³/mol. The van der Waals surface area contributed by atoms with Crippen LogP contribution in [0.4, 0.5) is 5.69 Å². The highest BCUT2D eigenvalue weighted by molar-refractivity contribution is 14.1. The van der Waals surface area contributed by atoms with Gasteiger partial charge in [0.05, 0.1) is 10.7 Å². The van der Waals surface area contributed by atoms with Gasteiger partial charge in [-0.05, 0) is 47.2 Å². The van der Waals surface area contributed by atoms with Crippen LogP contribution in [0.15, 0.2) is 18.2 Å². The minimum atomic E-state index is 0.674. The van der Waals surface area contributed by atoms with Crippen molar-refractivity contribution in [1.29, 1.82) is 5.41 Å². The van der Waals surface area contributed by atoms with Crippen molar-refractivity contribution in [2.45, 2.75) is 12.8 Å². The average molecular weight is 321 g/mol. The van der Waals surface area contributed by atoms with Gasteiger partial charge in [0.25, 0.3) is 0 Å². The Kier molecular flexibility index (Phi) is 2.97. The zero-order valence-electron chi connectivity index (χ0n) is 7.56. The fourth-order valence-electron chi connectivity index (χ4n) is 1.64. The lowest BCUT2D eigenvalue weighted by Gasteiger charge is -2.19. The first-order valence-electron chi connectivity index (χ1n) is 4.48. The molecule has 1 N–H and O–H groups in total. The summed E-state index contributed by atoms with van der Waals surface area (Å²) in [6, 6.07) is 5.94. The second kappa shape index (κ2) is 4.06. The van der Waals surface area contributed by atoms with E-state index in [1.807, 2.05) is 23.1 Å². The van der Waals surface area contributed by atoms with Crippen molar-refractivity contribution in [2.24, 2.45) is 0 Å². The smallest absolute Gasteiger partial charge is 0.100 e. The molecule has 0 atom stereocenters. The lowest BCUT2D eigenvalue weighted by molar-refractivity contribution is 0.956. The first-order valence-corrected chi connectivity index (χ1v) is 5.94. The van der Waals surface area contributed by atoms with Gasteiger partial charge in [0.15, 0.2) is 0 Å². The van der Waals surface area contributed by atoms with Crippen LogP contribution in [-0.2, 0) is 0 Å². The maximum atomic E-state index is 7.76. The number of rotatable bonds is 1. The molecule has 1 aliphatic rings. The Morgan fingerprint density at radius 3 is 2.79 bits per heavy atom. The van der Waals surface area contributed by atoms with Crippen LogP contribution in [0.1, 0.15) is 12.8 Å². The Morgan fingerprint density at radius 1 is 1.43 bits per heavy atom. The first kappa shape index (κ1) is 10.2. The van der Waals surface area contributed by atoms with Gasteiger partial charge in [-0.2, -0.15) is 0 Å². The maximum absolute atomic E-state index is 7.76. The van der Waals surface area contributed by atoms with E-state index in [-0.39, 0.29) is 0 Å². The van der Waals surface area contributed by atoms with Crippen LogP contribution >= 0.6 is 34.2 Å². The molecule has 4 heteroatoms. The van der Waals surface area contributed by atoms with Crippen LogP contribution in [0, 0.1) is 8.98 Å². The van der Waals surface area contributed by atoms with Crippen LogP contribution in [-0.4, -0.2) is 12.4 Å². The summed E-state index contributed by atoms with van der Waals surface area (Å²) in [6.07, 6.45) is 1.92. The zero-order chi connectivity index (χ0) is 10.1. The lowest BCUT2D eigenvalue weighted by atomic mass is 10.3. The molecule has 0 spiro atoms. The summed E-state index contributed by atoms with van der Waals surface area (Å²) in [5, 5.41) is 8.50. The molecule has 0 aliphatic carbocycles. The number of benzene rings is 1. The Labute approximate surface area is 102 Å². The Hall–Kier alpha value is -0.290. The van der Waals surface area contributed by atoms with E-state index in [2.05, 4.69) is 22.6 Å². The van der Waals surface area contributed by atoms with Gasteiger partial charge < -0.3 is 4.90 Å². The topological polar surface area (TPSA) is 27.1 Å². The van der Waals surface area contributed by atoms with Crippen molar-refractivity contribution in [2.75, 3.05) is 11.4 Å². The number of hydrogen-bond donors (Lipinski definition) is 1. The van der Waals surface area contributed by atoms with Crippen LogP contribution in [0.5, 0.6) is 0 Å². The molecule has 14 heavy (non-hydrogen) atoms. The van der Waals surface area contributed by atoms with Gasteiger partial charge in [0.2, 0.25) is 0 Å². The molecule has 0 unspecified atom stereocenters. The highest BCUT2D eigenvalue weighted by Crippen LogP contribution is 2.30. The van der Waals surface area contributed by atoms with E-state index in [4.69, 9.17) is 17.0 Å². The number of nitrogens with one attached hydrogen (secondary N) is 1. The molecular weight excluding hydrogens is 310 g/mol. The van der Waals surface area contributed by atoms with E-state index in [1.165, 1.54) is 0 Å². The largest absolute Gasteiger partial charge is 0.329 e. The number of hydrogen-bond acceptors (Lipinski definition) is 1. The first-order chi connectivity index (χ1) is 6.68. The van der Waals surface area contributed by atoms with E-state index >= 15 is 0 Å². The summed E-state index contributed by atoms with van der Waals surface area (Å²) >= 11 is 8.37. The molecule has 0 radical (unpaired) electrons. The fraction of sp³-hybridized carbons (Fsp3) is 0.300. The number of anilines is 1. The summed E-state index contributed by atoms with van der Waals surface area (Å²) in [6.45, 7) is 0.916. The van der Waals surface area contributed by atoms with Crippen molar-refractivity contribution in [3.63, 3.8) is 0 Å². The number of amidine groups is 1. The Morgan fingerprint density at radius 2 is 2.21 bits per heavy atom. The summed E-state index contributed by atoms with van der Waals surface area (Å²) in [7, 11) is 0. The van der Waals surface area contributed by atoms with Crippen molar-refractivity contribution < 1.29 is 0 Å². The van der Waals surface area contributed by atoms with Gasteiger partial charge in [-0.15, -0.1) is 0 Å². The number of nitrogens with zero attached hydrogens (tertiary/aromatic N) is 1. The van der Waals surface area contributed by atoms with E-state index in [0.717, 1.165) is 33.7 Å². The molecule has 0 bridgehead atoms.